The maximum Gasteiger partial charge on any atom is 0.124 e. The number of anilines is 1. The highest BCUT2D eigenvalue weighted by molar-refractivity contribution is 5.44. The van der Waals surface area contributed by atoms with Crippen LogP contribution in [0.5, 0.6) is 5.75 Å². The van der Waals surface area contributed by atoms with Gasteiger partial charge in [0.25, 0.3) is 0 Å². The minimum atomic E-state index is 0.711. The molecular weight excluding hydrogens is 288 g/mol. The van der Waals surface area contributed by atoms with Gasteiger partial charge in [-0.2, -0.15) is 0 Å². The Morgan fingerprint density at radius 3 is 2.52 bits per heavy atom. The fourth-order valence-corrected chi connectivity index (χ4v) is 2.65. The topological polar surface area (TPSA) is 33.7 Å². The number of hydrogen-bond donors (Lipinski definition) is 1. The van der Waals surface area contributed by atoms with E-state index >= 15 is 0 Å². The molecule has 1 heterocycles. The second-order valence-electron chi connectivity index (χ2n) is 5.63. The summed E-state index contributed by atoms with van der Waals surface area (Å²) in [6.07, 6.45) is 0. The third-order valence-electron chi connectivity index (χ3n) is 4.00. The molecule has 0 atom stereocenters. The molecule has 3 rings (SSSR count). The molecule has 0 unspecified atom stereocenters. The molecule has 0 bridgehead atoms. The zero-order valence-corrected chi connectivity index (χ0v) is 13.4. The van der Waals surface area contributed by atoms with Crippen LogP contribution in [0.25, 0.3) is 0 Å². The highest BCUT2D eigenvalue weighted by Gasteiger charge is 2.10. The van der Waals surface area contributed by atoms with Crippen LogP contribution in [0.1, 0.15) is 5.56 Å². The second kappa shape index (κ2) is 8.56. The zero-order chi connectivity index (χ0) is 15.7. The second-order valence-corrected chi connectivity index (χ2v) is 5.63. The van der Waals surface area contributed by atoms with E-state index in [-0.39, 0.29) is 0 Å². The summed E-state index contributed by atoms with van der Waals surface area (Å²) in [5.41, 5.74) is 2.30. The lowest BCUT2D eigenvalue weighted by Gasteiger charge is -2.26. The molecule has 0 spiro atoms. The van der Waals surface area contributed by atoms with E-state index in [2.05, 4.69) is 34.5 Å². The van der Waals surface area contributed by atoms with Gasteiger partial charge in [0.15, 0.2) is 0 Å². The van der Waals surface area contributed by atoms with Gasteiger partial charge in [-0.15, -0.1) is 0 Å². The van der Waals surface area contributed by atoms with Crippen molar-refractivity contribution in [2.75, 3.05) is 44.8 Å². The van der Waals surface area contributed by atoms with Gasteiger partial charge in [-0.3, -0.25) is 4.90 Å². The van der Waals surface area contributed by atoms with Crippen LogP contribution in [0.4, 0.5) is 5.69 Å². The van der Waals surface area contributed by atoms with Crippen LogP contribution in [0.15, 0.2) is 54.6 Å². The van der Waals surface area contributed by atoms with E-state index in [4.69, 9.17) is 9.47 Å². The van der Waals surface area contributed by atoms with E-state index in [0.717, 1.165) is 50.8 Å². The Labute approximate surface area is 138 Å². The first kappa shape index (κ1) is 15.8. The molecule has 2 aromatic carbocycles. The summed E-state index contributed by atoms with van der Waals surface area (Å²) >= 11 is 0. The van der Waals surface area contributed by atoms with Gasteiger partial charge >= 0.3 is 0 Å². The number of nitrogens with one attached hydrogen (secondary N) is 1. The van der Waals surface area contributed by atoms with Crippen molar-refractivity contribution in [2.24, 2.45) is 0 Å². The molecule has 1 N–H and O–H groups in total. The average molecular weight is 312 g/mol. The van der Waals surface area contributed by atoms with E-state index < -0.39 is 0 Å². The quantitative estimate of drug-likeness (QED) is 0.852. The first-order valence-electron chi connectivity index (χ1n) is 8.21. The number of hydrogen-bond acceptors (Lipinski definition) is 4. The minimum absolute atomic E-state index is 0.711. The Kier molecular flexibility index (Phi) is 5.89. The molecule has 4 heteroatoms. The van der Waals surface area contributed by atoms with E-state index in [9.17, 15) is 0 Å². The lowest BCUT2D eigenvalue weighted by atomic mass is 10.2. The van der Waals surface area contributed by atoms with Crippen molar-refractivity contribution in [3.8, 4) is 5.75 Å². The van der Waals surface area contributed by atoms with E-state index in [1.165, 1.54) is 5.56 Å². The zero-order valence-electron chi connectivity index (χ0n) is 13.4. The standard InChI is InChI=1S/C19H24N2O2/c1-2-7-18(8-3-1)20-16-17-6-4-5-9-19(17)23-15-12-21-10-13-22-14-11-21/h1-9,20H,10-16H2. The Bertz CT molecular complexity index is 583. The van der Waals surface area contributed by atoms with Crippen LogP contribution < -0.4 is 10.1 Å². The summed E-state index contributed by atoms with van der Waals surface area (Å²) in [7, 11) is 0. The monoisotopic (exact) mass is 312 g/mol. The fraction of sp³-hybridized carbons (Fsp3) is 0.368. The van der Waals surface area contributed by atoms with Gasteiger partial charge in [-0.25, -0.2) is 0 Å². The maximum absolute atomic E-state index is 6.01. The van der Waals surface area contributed by atoms with Crippen LogP contribution in [0.3, 0.4) is 0 Å². The van der Waals surface area contributed by atoms with Crippen molar-refractivity contribution in [2.45, 2.75) is 6.54 Å². The van der Waals surface area contributed by atoms with Gasteiger partial charge < -0.3 is 14.8 Å². The molecular formula is C19H24N2O2. The number of rotatable bonds is 7. The lowest BCUT2D eigenvalue weighted by Crippen LogP contribution is -2.38. The summed E-state index contributed by atoms with van der Waals surface area (Å²) in [5.74, 6) is 0.962. The number of morpholine rings is 1. The van der Waals surface area contributed by atoms with Crippen LogP contribution in [-0.4, -0.2) is 44.4 Å². The molecule has 1 fully saturated rings. The SMILES string of the molecule is c1ccc(NCc2ccccc2OCCN2CCOCC2)cc1. The molecule has 4 nitrogen and oxygen atoms in total. The van der Waals surface area contributed by atoms with Crippen molar-refractivity contribution in [3.05, 3.63) is 60.2 Å². The smallest absolute Gasteiger partial charge is 0.124 e. The molecule has 1 saturated heterocycles. The Morgan fingerprint density at radius 2 is 1.70 bits per heavy atom. The normalized spacial score (nSPS) is 15.3. The fourth-order valence-electron chi connectivity index (χ4n) is 2.65. The summed E-state index contributed by atoms with van der Waals surface area (Å²) in [6, 6.07) is 18.5. The predicted octanol–water partition coefficient (Wildman–Crippen LogP) is 3.01. The largest absolute Gasteiger partial charge is 0.492 e. The molecule has 0 saturated carbocycles. The van der Waals surface area contributed by atoms with Crippen molar-refractivity contribution in [3.63, 3.8) is 0 Å². The van der Waals surface area contributed by atoms with Gasteiger partial charge in [0.1, 0.15) is 12.4 Å². The number of benzene rings is 2. The Hall–Kier alpha value is -2.04. The summed E-state index contributed by atoms with van der Waals surface area (Å²) in [4.78, 5) is 2.38. The van der Waals surface area contributed by atoms with Crippen molar-refractivity contribution in [1.82, 2.24) is 4.90 Å². The minimum Gasteiger partial charge on any atom is -0.492 e. The molecule has 0 aliphatic carbocycles. The third kappa shape index (κ3) is 4.98. The summed E-state index contributed by atoms with van der Waals surface area (Å²) in [5, 5.41) is 3.43. The third-order valence-corrected chi connectivity index (χ3v) is 4.00. The molecule has 1 aliphatic heterocycles. The van der Waals surface area contributed by atoms with Crippen LogP contribution in [0.2, 0.25) is 0 Å². The Balaban J connectivity index is 1.50. The molecule has 23 heavy (non-hydrogen) atoms. The summed E-state index contributed by atoms with van der Waals surface area (Å²) < 4.78 is 11.4. The van der Waals surface area contributed by atoms with E-state index in [1.54, 1.807) is 0 Å². The highest BCUT2D eigenvalue weighted by Crippen LogP contribution is 2.19. The molecule has 2 aromatic rings. The van der Waals surface area contributed by atoms with Crippen molar-refractivity contribution >= 4 is 5.69 Å². The number of nitrogens with zero attached hydrogens (tertiary/aromatic N) is 1. The van der Waals surface area contributed by atoms with Gasteiger partial charge in [-0.05, 0) is 18.2 Å². The molecule has 1 aliphatic rings. The van der Waals surface area contributed by atoms with Gasteiger partial charge in [0, 0.05) is 37.4 Å². The van der Waals surface area contributed by atoms with Gasteiger partial charge in [0.05, 0.1) is 13.2 Å². The number of para-hydroxylation sites is 2. The highest BCUT2D eigenvalue weighted by atomic mass is 16.5. The molecule has 0 radical (unpaired) electrons. The Morgan fingerprint density at radius 1 is 0.957 bits per heavy atom. The van der Waals surface area contributed by atoms with Crippen molar-refractivity contribution in [1.29, 1.82) is 0 Å². The maximum atomic E-state index is 6.01. The van der Waals surface area contributed by atoms with Gasteiger partial charge in [-0.1, -0.05) is 36.4 Å². The number of ether oxygens (including phenoxy) is 2. The predicted molar refractivity (Wildman–Crippen MR) is 93.0 cm³/mol. The van der Waals surface area contributed by atoms with Crippen molar-refractivity contribution < 1.29 is 9.47 Å². The van der Waals surface area contributed by atoms with E-state index in [0.29, 0.717) is 6.61 Å². The molecule has 0 amide bonds. The first-order chi connectivity index (χ1) is 11.4. The van der Waals surface area contributed by atoms with Crippen LogP contribution in [-0.2, 0) is 11.3 Å². The molecule has 0 aromatic heterocycles. The molecule has 122 valence electrons. The lowest BCUT2D eigenvalue weighted by molar-refractivity contribution is 0.0322. The summed E-state index contributed by atoms with van der Waals surface area (Å²) in [6.45, 7) is 6.08. The van der Waals surface area contributed by atoms with Crippen LogP contribution in [0, 0.1) is 0 Å². The van der Waals surface area contributed by atoms with E-state index in [1.807, 2.05) is 30.3 Å². The van der Waals surface area contributed by atoms with Crippen LogP contribution >= 0.6 is 0 Å². The first-order valence-corrected chi connectivity index (χ1v) is 8.21. The van der Waals surface area contributed by atoms with Gasteiger partial charge in [0.2, 0.25) is 0 Å². The average Bonchev–Trinajstić information content (AvgIpc) is 2.63.